The highest BCUT2D eigenvalue weighted by atomic mass is 31.2. The fourth-order valence-electron chi connectivity index (χ4n) is 10.5. The summed E-state index contributed by atoms with van der Waals surface area (Å²) in [6.07, 6.45) is 11.4. The molecule has 69 heavy (non-hydrogen) atoms. The van der Waals surface area contributed by atoms with Crippen LogP contribution in [0, 0.1) is 35.5 Å². The number of carbonyl (C=O) groups excluding carboxylic acids is 5. The van der Waals surface area contributed by atoms with Crippen LogP contribution in [0.5, 0.6) is 0 Å². The maximum Gasteiger partial charge on any atom is 0.329 e. The van der Waals surface area contributed by atoms with E-state index in [0.29, 0.717) is 63.4 Å². The largest absolute Gasteiger partial charge is 0.460 e. The lowest BCUT2D eigenvalue weighted by Crippen LogP contribution is -2.61. The number of ketones is 3. The van der Waals surface area contributed by atoms with Gasteiger partial charge in [0.15, 0.2) is 13.2 Å². The third kappa shape index (κ3) is 16.2. The molecule has 3 aliphatic heterocycles. The molecule has 2 N–H and O–H groups in total. The number of ether oxygens (including phenoxy) is 5. The van der Waals surface area contributed by atoms with Gasteiger partial charge in [-0.25, -0.2) is 4.79 Å². The van der Waals surface area contributed by atoms with Gasteiger partial charge in [-0.15, -0.1) is 0 Å². The van der Waals surface area contributed by atoms with Crippen molar-refractivity contribution in [3.8, 4) is 0 Å². The lowest BCUT2D eigenvalue weighted by Gasteiger charge is -2.42. The zero-order valence-electron chi connectivity index (χ0n) is 43.4. The number of fused-ring (bicyclic) bond motifs is 3. The van der Waals surface area contributed by atoms with Gasteiger partial charge >= 0.3 is 5.97 Å². The lowest BCUT2D eigenvalue weighted by molar-refractivity contribution is -0.265. The van der Waals surface area contributed by atoms with E-state index in [9.17, 15) is 38.8 Å². The molecule has 16 heteroatoms. The van der Waals surface area contributed by atoms with Gasteiger partial charge in [-0.2, -0.15) is 0 Å². The molecule has 15 atom stereocenters. The van der Waals surface area contributed by atoms with E-state index in [1.54, 1.807) is 54.4 Å². The van der Waals surface area contributed by atoms with Gasteiger partial charge in [-0.1, -0.05) is 71.1 Å². The van der Waals surface area contributed by atoms with Gasteiger partial charge in [0, 0.05) is 71.8 Å². The summed E-state index contributed by atoms with van der Waals surface area (Å²) in [5, 5.41) is 23.5. The first kappa shape index (κ1) is 58.4. The van der Waals surface area contributed by atoms with E-state index in [0.717, 1.165) is 12.0 Å². The van der Waals surface area contributed by atoms with Crippen molar-refractivity contribution in [2.75, 3.05) is 41.2 Å². The molecule has 0 aromatic carbocycles. The number of methoxy groups -OCH3 is 3. The van der Waals surface area contributed by atoms with E-state index in [4.69, 9.17) is 28.2 Å². The zero-order valence-corrected chi connectivity index (χ0v) is 44.3. The first-order valence-electron chi connectivity index (χ1n) is 25.2. The quantitative estimate of drug-likeness (QED) is 0.104. The van der Waals surface area contributed by atoms with Crippen LogP contribution in [-0.4, -0.2) is 140 Å². The molecule has 15 nitrogen and oxygen atoms in total. The van der Waals surface area contributed by atoms with Crippen LogP contribution in [0.1, 0.15) is 126 Å². The number of hydrogen-bond donors (Lipinski definition) is 2. The molecule has 1 aliphatic carbocycles. The first-order valence-corrected chi connectivity index (χ1v) is 27.7. The molecule has 0 spiro atoms. The van der Waals surface area contributed by atoms with E-state index in [-0.39, 0.29) is 60.9 Å². The second-order valence-corrected chi connectivity index (χ2v) is 23.6. The standard InChI is InChI=1S/C53H84NO14P/c1-32-18-14-13-15-19-33(2)44(63-8)30-40-23-21-38(7)53(61,67-40)50(58)51(59)54-25-17-16-20-41(54)52(60)66-45(35(4)28-39-22-24-43(46(29-39)64-9)68-69(11,12)62)31-42(55)34(3)27-37(6)48(57)49(65-10)47(56)36(5)26-32/h13-15,18-19,27,32,34-36,38-41,43-46,48-49,57,61H,16-17,20-26,28-31H2,1-12H3/b15-13+,18-14+,33-19+,37-27+/t32-,34-,35-,36-,38-,39+,40+,41+,43-,44+,45?,46-,48-,49+,53-/m1/s1. The molecule has 1 amide bonds. The summed E-state index contributed by atoms with van der Waals surface area (Å²) in [6, 6.07) is -1.16. The van der Waals surface area contributed by atoms with E-state index < -0.39 is 85.1 Å². The average Bonchev–Trinajstić information content (AvgIpc) is 3.30. The minimum Gasteiger partial charge on any atom is -0.460 e. The van der Waals surface area contributed by atoms with Crippen LogP contribution in [0.2, 0.25) is 0 Å². The minimum absolute atomic E-state index is 0.0117. The molecular formula is C53H84NO14P. The first-order chi connectivity index (χ1) is 32.4. The van der Waals surface area contributed by atoms with Gasteiger partial charge in [0.25, 0.3) is 11.7 Å². The van der Waals surface area contributed by atoms with Crippen LogP contribution >= 0.6 is 7.37 Å². The molecule has 4 rings (SSSR count). The Bertz CT molecular complexity index is 1940. The van der Waals surface area contributed by atoms with Crippen LogP contribution < -0.4 is 0 Å². The maximum absolute atomic E-state index is 14.5. The lowest BCUT2D eigenvalue weighted by atomic mass is 9.78. The summed E-state index contributed by atoms with van der Waals surface area (Å²) >= 11 is 0. The number of carbonyl (C=O) groups is 5. The fraction of sp³-hybridized carbons (Fsp3) is 0.755. The summed E-state index contributed by atoms with van der Waals surface area (Å²) in [4.78, 5) is 72.2. The van der Waals surface area contributed by atoms with Crippen LogP contribution in [0.4, 0.5) is 0 Å². The molecule has 0 aromatic rings. The fourth-order valence-corrected chi connectivity index (χ4v) is 11.4. The Morgan fingerprint density at radius 3 is 2.22 bits per heavy atom. The summed E-state index contributed by atoms with van der Waals surface area (Å²) in [5.41, 5.74) is 1.25. The molecule has 1 saturated carbocycles. The van der Waals surface area contributed by atoms with Crippen molar-refractivity contribution in [1.29, 1.82) is 0 Å². The average molecular weight is 990 g/mol. The Balaban J connectivity index is 1.70. The molecule has 0 radical (unpaired) electrons. The third-order valence-electron chi connectivity index (χ3n) is 14.8. The molecule has 1 unspecified atom stereocenters. The number of nitrogens with zero attached hydrogens (tertiary/aromatic N) is 1. The van der Waals surface area contributed by atoms with Crippen molar-refractivity contribution in [2.45, 2.75) is 180 Å². The van der Waals surface area contributed by atoms with Crippen LogP contribution in [0.25, 0.3) is 0 Å². The third-order valence-corrected chi connectivity index (χ3v) is 15.6. The molecular weight excluding hydrogens is 906 g/mol. The van der Waals surface area contributed by atoms with Gasteiger partial charge in [0.2, 0.25) is 5.79 Å². The second-order valence-electron chi connectivity index (χ2n) is 20.9. The molecule has 3 heterocycles. The number of Topliss-reactive ketones (excluding diaryl/α,β-unsaturated/α-hetero) is 3. The molecule has 3 fully saturated rings. The predicted octanol–water partition coefficient (Wildman–Crippen LogP) is 7.74. The smallest absolute Gasteiger partial charge is 0.329 e. The summed E-state index contributed by atoms with van der Waals surface area (Å²) in [7, 11) is 1.76. The summed E-state index contributed by atoms with van der Waals surface area (Å²) < 4.78 is 48.2. The van der Waals surface area contributed by atoms with Gasteiger partial charge in [-0.3, -0.25) is 23.7 Å². The number of aliphatic hydroxyl groups excluding tert-OH is 1. The van der Waals surface area contributed by atoms with Crippen molar-refractivity contribution in [2.24, 2.45) is 35.5 Å². The second kappa shape index (κ2) is 26.5. The maximum atomic E-state index is 14.5. The van der Waals surface area contributed by atoms with Crippen molar-refractivity contribution < 1.29 is 67.0 Å². The highest BCUT2D eigenvalue weighted by Gasteiger charge is 2.53. The molecule has 4 aliphatic rings. The van der Waals surface area contributed by atoms with Gasteiger partial charge in [0.05, 0.1) is 24.4 Å². The van der Waals surface area contributed by atoms with Gasteiger partial charge < -0.3 is 43.3 Å². The Hall–Kier alpha value is -3.14. The van der Waals surface area contributed by atoms with Crippen molar-refractivity contribution >= 4 is 36.6 Å². The Morgan fingerprint density at radius 1 is 0.855 bits per heavy atom. The van der Waals surface area contributed by atoms with Crippen molar-refractivity contribution in [3.05, 3.63) is 47.6 Å². The predicted molar refractivity (Wildman–Crippen MR) is 263 cm³/mol. The molecule has 390 valence electrons. The number of amides is 1. The van der Waals surface area contributed by atoms with Crippen LogP contribution in [0.15, 0.2) is 47.6 Å². The minimum atomic E-state index is -2.79. The van der Waals surface area contributed by atoms with Crippen LogP contribution in [-0.2, 0) is 56.7 Å². The molecule has 2 bridgehead atoms. The number of aliphatic hydroxyl groups is 2. The zero-order chi connectivity index (χ0) is 51.4. The van der Waals surface area contributed by atoms with E-state index in [1.165, 1.54) is 12.0 Å². The number of piperidine rings is 1. The Morgan fingerprint density at radius 2 is 1.57 bits per heavy atom. The monoisotopic (exact) mass is 990 g/mol. The number of hydrogen-bond acceptors (Lipinski definition) is 14. The topological polar surface area (TPSA) is 201 Å². The summed E-state index contributed by atoms with van der Waals surface area (Å²) in [5.74, 6) is -8.11. The van der Waals surface area contributed by atoms with Gasteiger partial charge in [0.1, 0.15) is 30.1 Å². The van der Waals surface area contributed by atoms with E-state index in [2.05, 4.69) is 0 Å². The summed E-state index contributed by atoms with van der Waals surface area (Å²) in [6.45, 7) is 15.9. The number of esters is 1. The normalized spacial score (nSPS) is 39.0. The number of allylic oxidation sites excluding steroid dienone is 6. The SMILES string of the molecule is CO[C@H]1C[C@@H]2CC[C@@H](C)[C@@](O)(O2)C(=O)C(=O)N2CCCC[C@H]2C(=O)OC([C@H](C)C[C@@H]2CC[C@@H](OP(C)(C)=O)[C@H](OC)C2)CC(=O)[C@H](C)/C=C(\C)[C@@H](O)[C@@H](OC)C(=O)[C@H](C)C[C@H](C)/C=C/C=C/C=C/1C. The van der Waals surface area contributed by atoms with E-state index >= 15 is 0 Å². The Kier molecular flexibility index (Phi) is 22.5. The van der Waals surface area contributed by atoms with Crippen molar-refractivity contribution in [3.63, 3.8) is 0 Å². The Labute approximate surface area is 411 Å². The molecule has 0 aromatic heterocycles. The van der Waals surface area contributed by atoms with Gasteiger partial charge in [-0.05, 0) is 107 Å². The van der Waals surface area contributed by atoms with Crippen LogP contribution in [0.3, 0.4) is 0 Å². The highest BCUT2D eigenvalue weighted by molar-refractivity contribution is 7.57. The molecule has 2 saturated heterocycles. The van der Waals surface area contributed by atoms with Crippen molar-refractivity contribution in [1.82, 2.24) is 4.90 Å². The number of rotatable bonds is 8. The highest BCUT2D eigenvalue weighted by Crippen LogP contribution is 2.45. The number of cyclic esters (lactones) is 1. The van der Waals surface area contributed by atoms with E-state index in [1.807, 2.05) is 58.1 Å².